The molecule has 15 heavy (non-hydrogen) atoms. The van der Waals surface area contributed by atoms with Crippen LogP contribution in [0.5, 0.6) is 0 Å². The topological polar surface area (TPSA) is 63.6 Å². The van der Waals surface area contributed by atoms with Gasteiger partial charge in [0, 0.05) is 25.6 Å². The molecule has 0 amide bonds. The zero-order valence-electron chi connectivity index (χ0n) is 8.60. The van der Waals surface area contributed by atoms with Crippen molar-refractivity contribution in [2.45, 2.75) is 6.92 Å². The van der Waals surface area contributed by atoms with Crippen molar-refractivity contribution in [2.24, 2.45) is 0 Å². The lowest BCUT2D eigenvalue weighted by molar-refractivity contribution is 1.10. The molecule has 0 aliphatic heterocycles. The molecular formula is C10H11N5. The fraction of sp³-hybridized carbons (Fsp3) is 0.200. The van der Waals surface area contributed by atoms with Crippen molar-refractivity contribution in [3.63, 3.8) is 0 Å². The van der Waals surface area contributed by atoms with Gasteiger partial charge in [-0.05, 0) is 12.5 Å². The fourth-order valence-corrected chi connectivity index (χ4v) is 1.24. The van der Waals surface area contributed by atoms with E-state index in [1.54, 1.807) is 31.8 Å². The number of nitrogens with one attached hydrogen (secondary N) is 1. The molecule has 0 unspecified atom stereocenters. The van der Waals surface area contributed by atoms with E-state index in [1.807, 2.05) is 6.92 Å². The molecule has 0 radical (unpaired) electrons. The summed E-state index contributed by atoms with van der Waals surface area (Å²) in [5, 5.41) is 2.89. The summed E-state index contributed by atoms with van der Waals surface area (Å²) in [5.74, 6) is 0.584. The van der Waals surface area contributed by atoms with Crippen molar-refractivity contribution < 1.29 is 0 Å². The minimum absolute atomic E-state index is 0.584. The van der Waals surface area contributed by atoms with Gasteiger partial charge in [-0.2, -0.15) is 0 Å². The average Bonchev–Trinajstić information content (AvgIpc) is 2.31. The van der Waals surface area contributed by atoms with E-state index in [0.29, 0.717) is 5.95 Å². The van der Waals surface area contributed by atoms with E-state index in [1.165, 1.54) is 0 Å². The molecule has 76 valence electrons. The van der Waals surface area contributed by atoms with Gasteiger partial charge in [0.25, 0.3) is 0 Å². The average molecular weight is 201 g/mol. The number of aryl methyl sites for hydroxylation is 1. The van der Waals surface area contributed by atoms with Crippen LogP contribution in [0.25, 0.3) is 11.4 Å². The minimum Gasteiger partial charge on any atom is -0.357 e. The molecule has 0 fully saturated rings. The van der Waals surface area contributed by atoms with Gasteiger partial charge in [0.15, 0.2) is 0 Å². The molecule has 0 saturated heterocycles. The van der Waals surface area contributed by atoms with Crippen LogP contribution in [0.2, 0.25) is 0 Å². The molecule has 0 bridgehead atoms. The molecule has 0 atom stereocenters. The molecule has 2 heterocycles. The van der Waals surface area contributed by atoms with E-state index in [-0.39, 0.29) is 0 Å². The molecule has 0 aromatic carbocycles. The Bertz CT molecular complexity index is 455. The van der Waals surface area contributed by atoms with Gasteiger partial charge in [0.05, 0.1) is 11.9 Å². The highest BCUT2D eigenvalue weighted by molar-refractivity contribution is 5.58. The van der Waals surface area contributed by atoms with Crippen LogP contribution < -0.4 is 5.32 Å². The summed E-state index contributed by atoms with van der Waals surface area (Å²) in [7, 11) is 1.78. The van der Waals surface area contributed by atoms with Crippen LogP contribution in [0.15, 0.2) is 24.8 Å². The van der Waals surface area contributed by atoms with E-state index < -0.39 is 0 Å². The van der Waals surface area contributed by atoms with Crippen molar-refractivity contribution in [1.82, 2.24) is 19.9 Å². The summed E-state index contributed by atoms with van der Waals surface area (Å²) in [4.78, 5) is 16.7. The highest BCUT2D eigenvalue weighted by atomic mass is 15.1. The molecule has 1 N–H and O–H groups in total. The molecular weight excluding hydrogens is 190 g/mol. The predicted molar refractivity (Wildman–Crippen MR) is 57.3 cm³/mol. The fourth-order valence-electron chi connectivity index (χ4n) is 1.24. The first-order chi connectivity index (χ1) is 7.31. The van der Waals surface area contributed by atoms with Gasteiger partial charge in [-0.1, -0.05) is 0 Å². The van der Waals surface area contributed by atoms with Crippen LogP contribution in [-0.2, 0) is 0 Å². The van der Waals surface area contributed by atoms with E-state index in [2.05, 4.69) is 25.3 Å². The van der Waals surface area contributed by atoms with Crippen molar-refractivity contribution >= 4 is 5.95 Å². The maximum atomic E-state index is 4.34. The number of hydrogen-bond acceptors (Lipinski definition) is 5. The summed E-state index contributed by atoms with van der Waals surface area (Å²) in [5.41, 5.74) is 2.55. The Hall–Kier alpha value is -2.04. The first-order valence-electron chi connectivity index (χ1n) is 4.59. The maximum Gasteiger partial charge on any atom is 0.223 e. The summed E-state index contributed by atoms with van der Waals surface area (Å²) in [6.45, 7) is 1.95. The van der Waals surface area contributed by atoms with Gasteiger partial charge in [-0.25, -0.2) is 9.97 Å². The largest absolute Gasteiger partial charge is 0.357 e. The Labute approximate surface area is 87.6 Å². The minimum atomic E-state index is 0.584. The zero-order chi connectivity index (χ0) is 10.7. The van der Waals surface area contributed by atoms with Gasteiger partial charge >= 0.3 is 0 Å². The van der Waals surface area contributed by atoms with Gasteiger partial charge in [-0.3, -0.25) is 9.97 Å². The normalized spacial score (nSPS) is 10.0. The standard InChI is InChI=1S/C10H11N5/c1-7-5-14-10(11-2)15-9(7)8-6-12-3-4-13-8/h3-6H,1-2H3,(H,11,14,15). The number of nitrogens with zero attached hydrogens (tertiary/aromatic N) is 4. The van der Waals surface area contributed by atoms with Crippen molar-refractivity contribution in [3.05, 3.63) is 30.4 Å². The summed E-state index contributed by atoms with van der Waals surface area (Å²) >= 11 is 0. The van der Waals surface area contributed by atoms with Gasteiger partial charge in [-0.15, -0.1) is 0 Å². The van der Waals surface area contributed by atoms with E-state index >= 15 is 0 Å². The zero-order valence-corrected chi connectivity index (χ0v) is 8.60. The lowest BCUT2D eigenvalue weighted by atomic mass is 10.2. The van der Waals surface area contributed by atoms with Crippen LogP contribution in [0.4, 0.5) is 5.95 Å². The smallest absolute Gasteiger partial charge is 0.223 e. The summed E-state index contributed by atoms with van der Waals surface area (Å²) < 4.78 is 0. The SMILES string of the molecule is CNc1ncc(C)c(-c2cnccn2)n1. The molecule has 0 aliphatic rings. The molecule has 2 rings (SSSR count). The third-order valence-electron chi connectivity index (χ3n) is 2.00. The van der Waals surface area contributed by atoms with Crippen LogP contribution in [-0.4, -0.2) is 27.0 Å². The van der Waals surface area contributed by atoms with Gasteiger partial charge in [0.1, 0.15) is 5.69 Å². The second-order valence-corrected chi connectivity index (χ2v) is 3.07. The first-order valence-corrected chi connectivity index (χ1v) is 4.59. The van der Waals surface area contributed by atoms with E-state index in [0.717, 1.165) is 17.0 Å². The molecule has 0 spiro atoms. The molecule has 5 heteroatoms. The van der Waals surface area contributed by atoms with Gasteiger partial charge < -0.3 is 5.32 Å². The molecule has 0 saturated carbocycles. The third kappa shape index (κ3) is 1.90. The molecule has 5 nitrogen and oxygen atoms in total. The second kappa shape index (κ2) is 4.00. The Balaban J connectivity index is 2.52. The van der Waals surface area contributed by atoms with E-state index in [9.17, 15) is 0 Å². The van der Waals surface area contributed by atoms with Crippen LogP contribution in [0, 0.1) is 6.92 Å². The number of hydrogen-bond donors (Lipinski definition) is 1. The van der Waals surface area contributed by atoms with Crippen LogP contribution in [0.3, 0.4) is 0 Å². The Morgan fingerprint density at radius 1 is 1.13 bits per heavy atom. The number of aromatic nitrogens is 4. The van der Waals surface area contributed by atoms with Crippen LogP contribution >= 0.6 is 0 Å². The first kappa shape index (κ1) is 9.51. The van der Waals surface area contributed by atoms with E-state index in [4.69, 9.17) is 0 Å². The third-order valence-corrected chi connectivity index (χ3v) is 2.00. The Morgan fingerprint density at radius 2 is 2.00 bits per heavy atom. The summed E-state index contributed by atoms with van der Waals surface area (Å²) in [6, 6.07) is 0. The monoisotopic (exact) mass is 201 g/mol. The molecule has 2 aromatic heterocycles. The lowest BCUT2D eigenvalue weighted by Crippen LogP contribution is -2.00. The highest BCUT2D eigenvalue weighted by Gasteiger charge is 2.06. The quantitative estimate of drug-likeness (QED) is 0.793. The highest BCUT2D eigenvalue weighted by Crippen LogP contribution is 2.17. The van der Waals surface area contributed by atoms with Crippen LogP contribution in [0.1, 0.15) is 5.56 Å². The number of anilines is 1. The molecule has 0 aliphatic carbocycles. The summed E-state index contributed by atoms with van der Waals surface area (Å²) in [6.07, 6.45) is 6.74. The lowest BCUT2D eigenvalue weighted by Gasteiger charge is -2.05. The second-order valence-electron chi connectivity index (χ2n) is 3.07. The predicted octanol–water partition coefficient (Wildman–Crippen LogP) is 1.28. The number of rotatable bonds is 2. The maximum absolute atomic E-state index is 4.34. The molecule has 2 aromatic rings. The van der Waals surface area contributed by atoms with Crippen molar-refractivity contribution in [1.29, 1.82) is 0 Å². The Kier molecular flexibility index (Phi) is 2.53. The van der Waals surface area contributed by atoms with Crippen molar-refractivity contribution in [2.75, 3.05) is 12.4 Å². The van der Waals surface area contributed by atoms with Crippen molar-refractivity contribution in [3.8, 4) is 11.4 Å². The Morgan fingerprint density at radius 3 is 2.67 bits per heavy atom. The van der Waals surface area contributed by atoms with Gasteiger partial charge in [0.2, 0.25) is 5.95 Å².